The van der Waals surface area contributed by atoms with E-state index >= 15 is 0 Å². The smallest absolute Gasteiger partial charge is 0.272 e. The average molecular weight is 337 g/mol. The molecule has 0 bridgehead atoms. The van der Waals surface area contributed by atoms with Crippen LogP contribution in [0.1, 0.15) is 29.5 Å². The Morgan fingerprint density at radius 2 is 2.25 bits per heavy atom. The molecule has 2 aromatic rings. The molecule has 2 aromatic heterocycles. The molecular formula is C14H17BrN4O. The SMILES string of the molecule is CCCn1cc(N)cc1C(=O)Nc1ccc(Br)nc1C. The number of rotatable bonds is 4. The predicted molar refractivity (Wildman–Crippen MR) is 83.8 cm³/mol. The summed E-state index contributed by atoms with van der Waals surface area (Å²) in [5.41, 5.74) is 8.38. The van der Waals surface area contributed by atoms with Crippen LogP contribution in [0.25, 0.3) is 0 Å². The first-order valence-corrected chi connectivity index (χ1v) is 7.20. The molecule has 0 saturated heterocycles. The van der Waals surface area contributed by atoms with Crippen LogP contribution in [-0.2, 0) is 6.54 Å². The Kier molecular flexibility index (Phi) is 4.44. The molecule has 0 spiro atoms. The van der Waals surface area contributed by atoms with E-state index in [1.165, 1.54) is 0 Å². The predicted octanol–water partition coefficient (Wildman–Crippen LogP) is 3.20. The van der Waals surface area contributed by atoms with Gasteiger partial charge in [-0.2, -0.15) is 0 Å². The summed E-state index contributed by atoms with van der Waals surface area (Å²) in [5, 5.41) is 2.87. The lowest BCUT2D eigenvalue weighted by Gasteiger charge is -2.10. The number of halogens is 1. The zero-order valence-electron chi connectivity index (χ0n) is 11.5. The number of amides is 1. The second-order valence-electron chi connectivity index (χ2n) is 4.57. The van der Waals surface area contributed by atoms with Crippen LogP contribution < -0.4 is 11.1 Å². The quantitative estimate of drug-likeness (QED) is 0.842. The molecule has 106 valence electrons. The lowest BCUT2D eigenvalue weighted by atomic mass is 10.3. The normalized spacial score (nSPS) is 10.6. The van der Waals surface area contributed by atoms with E-state index < -0.39 is 0 Å². The van der Waals surface area contributed by atoms with Crippen LogP contribution >= 0.6 is 15.9 Å². The second-order valence-corrected chi connectivity index (χ2v) is 5.39. The molecule has 0 aliphatic carbocycles. The van der Waals surface area contributed by atoms with E-state index in [0.29, 0.717) is 17.1 Å². The van der Waals surface area contributed by atoms with Crippen molar-refractivity contribution in [3.8, 4) is 0 Å². The van der Waals surface area contributed by atoms with E-state index in [2.05, 4.69) is 33.2 Å². The molecule has 0 saturated carbocycles. The number of aryl methyl sites for hydroxylation is 2. The first-order chi connectivity index (χ1) is 9.51. The fourth-order valence-corrected chi connectivity index (χ4v) is 2.40. The van der Waals surface area contributed by atoms with Crippen LogP contribution in [0.3, 0.4) is 0 Å². The molecule has 5 nitrogen and oxygen atoms in total. The van der Waals surface area contributed by atoms with Crippen molar-refractivity contribution in [3.05, 3.63) is 40.4 Å². The Morgan fingerprint density at radius 1 is 1.50 bits per heavy atom. The number of aromatic nitrogens is 2. The number of nitrogens with one attached hydrogen (secondary N) is 1. The zero-order chi connectivity index (χ0) is 14.7. The Labute approximate surface area is 126 Å². The summed E-state index contributed by atoms with van der Waals surface area (Å²) in [4.78, 5) is 16.6. The Balaban J connectivity index is 2.23. The number of anilines is 2. The van der Waals surface area contributed by atoms with Gasteiger partial charge in [0, 0.05) is 12.7 Å². The molecule has 0 aliphatic rings. The number of nitrogen functional groups attached to an aromatic ring is 1. The Hall–Kier alpha value is -1.82. The number of hydrogen-bond donors (Lipinski definition) is 2. The highest BCUT2D eigenvalue weighted by molar-refractivity contribution is 9.10. The molecule has 6 heteroatoms. The van der Waals surface area contributed by atoms with Crippen molar-refractivity contribution in [1.29, 1.82) is 0 Å². The third-order valence-corrected chi connectivity index (χ3v) is 3.36. The van der Waals surface area contributed by atoms with Gasteiger partial charge in [-0.1, -0.05) is 6.92 Å². The topological polar surface area (TPSA) is 72.9 Å². The van der Waals surface area contributed by atoms with Crippen molar-refractivity contribution in [1.82, 2.24) is 9.55 Å². The van der Waals surface area contributed by atoms with Gasteiger partial charge in [-0.25, -0.2) is 4.98 Å². The maximum Gasteiger partial charge on any atom is 0.272 e. The maximum atomic E-state index is 12.3. The molecule has 0 fully saturated rings. The fraction of sp³-hybridized carbons (Fsp3) is 0.286. The van der Waals surface area contributed by atoms with Crippen LogP contribution in [0.4, 0.5) is 11.4 Å². The van der Waals surface area contributed by atoms with E-state index in [9.17, 15) is 4.79 Å². The van der Waals surface area contributed by atoms with Crippen LogP contribution in [0, 0.1) is 6.92 Å². The molecule has 2 rings (SSSR count). The fourth-order valence-electron chi connectivity index (χ4n) is 2.00. The van der Waals surface area contributed by atoms with Crippen molar-refractivity contribution < 1.29 is 4.79 Å². The van der Waals surface area contributed by atoms with Crippen molar-refractivity contribution in [2.75, 3.05) is 11.1 Å². The highest BCUT2D eigenvalue weighted by Gasteiger charge is 2.14. The van der Waals surface area contributed by atoms with Gasteiger partial charge in [-0.05, 0) is 47.5 Å². The zero-order valence-corrected chi connectivity index (χ0v) is 13.1. The molecule has 2 heterocycles. The first-order valence-electron chi connectivity index (χ1n) is 6.41. The number of carbonyl (C=O) groups excluding carboxylic acids is 1. The van der Waals surface area contributed by atoms with E-state index in [0.717, 1.165) is 23.3 Å². The van der Waals surface area contributed by atoms with E-state index in [-0.39, 0.29) is 5.91 Å². The highest BCUT2D eigenvalue weighted by Crippen LogP contribution is 2.18. The van der Waals surface area contributed by atoms with Crippen LogP contribution in [-0.4, -0.2) is 15.5 Å². The molecule has 1 amide bonds. The monoisotopic (exact) mass is 336 g/mol. The van der Waals surface area contributed by atoms with Gasteiger partial charge in [0.2, 0.25) is 0 Å². The lowest BCUT2D eigenvalue weighted by molar-refractivity contribution is 0.101. The lowest BCUT2D eigenvalue weighted by Crippen LogP contribution is -2.17. The first kappa shape index (κ1) is 14.6. The van der Waals surface area contributed by atoms with Gasteiger partial charge in [-0.15, -0.1) is 0 Å². The minimum absolute atomic E-state index is 0.178. The minimum atomic E-state index is -0.178. The van der Waals surface area contributed by atoms with Gasteiger partial charge in [0.05, 0.1) is 17.1 Å². The van der Waals surface area contributed by atoms with Crippen molar-refractivity contribution >= 4 is 33.2 Å². The van der Waals surface area contributed by atoms with Gasteiger partial charge in [0.25, 0.3) is 5.91 Å². The maximum absolute atomic E-state index is 12.3. The molecule has 0 aliphatic heterocycles. The van der Waals surface area contributed by atoms with Gasteiger partial charge in [0.15, 0.2) is 0 Å². The number of nitrogens with two attached hydrogens (primary N) is 1. The van der Waals surface area contributed by atoms with Gasteiger partial charge in [0.1, 0.15) is 10.3 Å². The summed E-state index contributed by atoms with van der Waals surface area (Å²) in [6, 6.07) is 5.30. The molecule has 0 aromatic carbocycles. The Bertz CT molecular complexity index is 636. The number of nitrogens with zero attached hydrogens (tertiary/aromatic N) is 2. The van der Waals surface area contributed by atoms with E-state index in [4.69, 9.17) is 5.73 Å². The van der Waals surface area contributed by atoms with Crippen LogP contribution in [0.5, 0.6) is 0 Å². The van der Waals surface area contributed by atoms with Gasteiger partial charge < -0.3 is 15.6 Å². The summed E-state index contributed by atoms with van der Waals surface area (Å²) < 4.78 is 2.61. The summed E-state index contributed by atoms with van der Waals surface area (Å²) in [5.74, 6) is -0.178. The molecule has 0 radical (unpaired) electrons. The van der Waals surface area contributed by atoms with Gasteiger partial charge >= 0.3 is 0 Å². The van der Waals surface area contributed by atoms with Crippen LogP contribution in [0.15, 0.2) is 29.0 Å². The standard InChI is InChI=1S/C14H17BrN4O/c1-3-6-19-8-10(16)7-12(19)14(20)18-11-4-5-13(15)17-9(11)2/h4-5,7-8H,3,6,16H2,1-2H3,(H,18,20). The second kappa shape index (κ2) is 6.09. The number of hydrogen-bond acceptors (Lipinski definition) is 3. The molecule has 0 atom stereocenters. The summed E-state index contributed by atoms with van der Waals surface area (Å²) in [6.07, 6.45) is 2.72. The van der Waals surface area contributed by atoms with E-state index in [1.807, 2.05) is 17.6 Å². The number of carbonyl (C=O) groups is 1. The van der Waals surface area contributed by atoms with Gasteiger partial charge in [-0.3, -0.25) is 4.79 Å². The Morgan fingerprint density at radius 3 is 2.90 bits per heavy atom. The minimum Gasteiger partial charge on any atom is -0.397 e. The molecular weight excluding hydrogens is 320 g/mol. The third-order valence-electron chi connectivity index (χ3n) is 2.91. The average Bonchev–Trinajstić information content (AvgIpc) is 2.74. The largest absolute Gasteiger partial charge is 0.397 e. The number of pyridine rings is 1. The molecule has 3 N–H and O–H groups in total. The summed E-state index contributed by atoms with van der Waals surface area (Å²) in [7, 11) is 0. The van der Waals surface area contributed by atoms with E-state index in [1.54, 1.807) is 18.3 Å². The van der Waals surface area contributed by atoms with Crippen LogP contribution in [0.2, 0.25) is 0 Å². The van der Waals surface area contributed by atoms with Crippen molar-refractivity contribution in [2.45, 2.75) is 26.8 Å². The third kappa shape index (κ3) is 3.19. The van der Waals surface area contributed by atoms with Crippen molar-refractivity contribution in [3.63, 3.8) is 0 Å². The summed E-state index contributed by atoms with van der Waals surface area (Å²) >= 11 is 3.30. The molecule has 0 unspecified atom stereocenters. The van der Waals surface area contributed by atoms with Crippen molar-refractivity contribution in [2.24, 2.45) is 0 Å². The molecule has 20 heavy (non-hydrogen) atoms. The highest BCUT2D eigenvalue weighted by atomic mass is 79.9. The summed E-state index contributed by atoms with van der Waals surface area (Å²) in [6.45, 7) is 4.66.